The summed E-state index contributed by atoms with van der Waals surface area (Å²) in [6, 6.07) is 17.3. The van der Waals surface area contributed by atoms with Crippen LogP contribution in [0.1, 0.15) is 6.92 Å². The summed E-state index contributed by atoms with van der Waals surface area (Å²) < 4.78 is 0. The Morgan fingerprint density at radius 1 is 0.895 bits per heavy atom. The Hall–Kier alpha value is -2.49. The molecule has 2 amide bonds. The molecule has 0 spiro atoms. The molecule has 2 rings (SSSR count). The van der Waals surface area contributed by atoms with Gasteiger partial charge in [0.05, 0.1) is 0 Å². The number of amides is 2. The van der Waals surface area contributed by atoms with Crippen LogP contribution in [0.2, 0.25) is 0 Å². The quantitative estimate of drug-likeness (QED) is 0.782. The Balaban J connectivity index is 1.97. The van der Waals surface area contributed by atoms with Gasteiger partial charge in [-0.3, -0.25) is 0 Å². The highest BCUT2D eigenvalue weighted by atomic mass is 16.2. The minimum atomic E-state index is -0.189. The zero-order valence-electron chi connectivity index (χ0n) is 10.8. The molecule has 0 saturated heterocycles. The number of nitrogens with one attached hydrogen (secondary N) is 3. The van der Waals surface area contributed by atoms with E-state index in [1.165, 1.54) is 0 Å². The Morgan fingerprint density at radius 2 is 1.47 bits per heavy atom. The van der Waals surface area contributed by atoms with Gasteiger partial charge in [0.25, 0.3) is 0 Å². The summed E-state index contributed by atoms with van der Waals surface area (Å²) in [4.78, 5) is 11.4. The maximum absolute atomic E-state index is 11.4. The monoisotopic (exact) mass is 255 g/mol. The van der Waals surface area contributed by atoms with Gasteiger partial charge in [0.15, 0.2) is 0 Å². The highest BCUT2D eigenvalue weighted by molar-refractivity contribution is 5.89. The molecule has 4 nitrogen and oxygen atoms in total. The first-order valence-corrected chi connectivity index (χ1v) is 6.25. The van der Waals surface area contributed by atoms with E-state index in [2.05, 4.69) is 16.0 Å². The summed E-state index contributed by atoms with van der Waals surface area (Å²) in [7, 11) is 0. The summed E-state index contributed by atoms with van der Waals surface area (Å²) in [5, 5.41) is 8.72. The molecule has 0 aliphatic heterocycles. The van der Waals surface area contributed by atoms with Crippen molar-refractivity contribution >= 4 is 23.1 Å². The van der Waals surface area contributed by atoms with Gasteiger partial charge in [0, 0.05) is 23.6 Å². The van der Waals surface area contributed by atoms with Crippen LogP contribution >= 0.6 is 0 Å². The minimum absolute atomic E-state index is 0.189. The summed E-state index contributed by atoms with van der Waals surface area (Å²) >= 11 is 0. The molecule has 0 aromatic heterocycles. The fourth-order valence-corrected chi connectivity index (χ4v) is 1.66. The van der Waals surface area contributed by atoms with Gasteiger partial charge in [0.2, 0.25) is 0 Å². The molecule has 0 bridgehead atoms. The Bertz CT molecular complexity index is 523. The minimum Gasteiger partial charge on any atom is -0.356 e. The largest absolute Gasteiger partial charge is 0.356 e. The first-order chi connectivity index (χ1) is 9.28. The number of hydrogen-bond donors (Lipinski definition) is 3. The van der Waals surface area contributed by atoms with Crippen molar-refractivity contribution in [3.63, 3.8) is 0 Å². The number of carbonyl (C=O) groups is 1. The van der Waals surface area contributed by atoms with Crippen LogP contribution in [0.4, 0.5) is 21.9 Å². The predicted molar refractivity (Wildman–Crippen MR) is 78.9 cm³/mol. The number of urea groups is 1. The molecule has 0 saturated carbocycles. The second kappa shape index (κ2) is 6.44. The molecule has 0 radical (unpaired) electrons. The fourth-order valence-electron chi connectivity index (χ4n) is 1.66. The molecule has 3 N–H and O–H groups in total. The van der Waals surface area contributed by atoms with Gasteiger partial charge in [-0.25, -0.2) is 4.79 Å². The number of benzene rings is 2. The van der Waals surface area contributed by atoms with Crippen LogP contribution in [-0.2, 0) is 0 Å². The highest BCUT2D eigenvalue weighted by Gasteiger charge is 1.99. The van der Waals surface area contributed by atoms with Crippen molar-refractivity contribution in [2.45, 2.75) is 6.92 Å². The number of carbonyl (C=O) groups excluding carboxylic acids is 1. The van der Waals surface area contributed by atoms with Crippen LogP contribution in [0.25, 0.3) is 0 Å². The third kappa shape index (κ3) is 4.03. The number of anilines is 3. The van der Waals surface area contributed by atoms with E-state index in [-0.39, 0.29) is 6.03 Å². The van der Waals surface area contributed by atoms with Crippen LogP contribution in [0.3, 0.4) is 0 Å². The molecular formula is C15H17N3O. The standard InChI is InChI=1S/C15H17N3O/c1-2-16-15(19)18-14-10-8-13(9-11-14)17-12-6-4-3-5-7-12/h3-11,17H,2H2,1H3,(H2,16,18,19). The molecular weight excluding hydrogens is 238 g/mol. The molecule has 0 aliphatic rings. The van der Waals surface area contributed by atoms with E-state index in [0.717, 1.165) is 17.1 Å². The molecule has 0 atom stereocenters. The number of para-hydroxylation sites is 1. The van der Waals surface area contributed by atoms with E-state index < -0.39 is 0 Å². The summed E-state index contributed by atoms with van der Waals surface area (Å²) in [5.41, 5.74) is 2.78. The van der Waals surface area contributed by atoms with E-state index in [1.807, 2.05) is 61.5 Å². The first kappa shape index (κ1) is 13.0. The van der Waals surface area contributed by atoms with Crippen molar-refractivity contribution in [3.8, 4) is 0 Å². The lowest BCUT2D eigenvalue weighted by Crippen LogP contribution is -2.28. The second-order valence-electron chi connectivity index (χ2n) is 4.05. The lowest BCUT2D eigenvalue weighted by atomic mass is 10.2. The molecule has 0 unspecified atom stereocenters. The maximum atomic E-state index is 11.4. The lowest BCUT2D eigenvalue weighted by Gasteiger charge is -2.08. The van der Waals surface area contributed by atoms with E-state index in [4.69, 9.17) is 0 Å². The van der Waals surface area contributed by atoms with Crippen LogP contribution in [0.5, 0.6) is 0 Å². The van der Waals surface area contributed by atoms with Gasteiger partial charge in [-0.2, -0.15) is 0 Å². The second-order valence-corrected chi connectivity index (χ2v) is 4.05. The lowest BCUT2D eigenvalue weighted by molar-refractivity contribution is 0.252. The number of hydrogen-bond acceptors (Lipinski definition) is 2. The van der Waals surface area contributed by atoms with Crippen molar-refractivity contribution in [1.82, 2.24) is 5.32 Å². The van der Waals surface area contributed by atoms with Crippen molar-refractivity contribution in [3.05, 3.63) is 54.6 Å². The number of rotatable bonds is 4. The molecule has 4 heteroatoms. The van der Waals surface area contributed by atoms with Crippen molar-refractivity contribution < 1.29 is 4.79 Å². The highest BCUT2D eigenvalue weighted by Crippen LogP contribution is 2.18. The van der Waals surface area contributed by atoms with Crippen LogP contribution in [0.15, 0.2) is 54.6 Å². The van der Waals surface area contributed by atoms with Gasteiger partial charge in [-0.1, -0.05) is 18.2 Å². The Morgan fingerprint density at radius 3 is 2.11 bits per heavy atom. The zero-order chi connectivity index (χ0) is 13.5. The summed E-state index contributed by atoms with van der Waals surface area (Å²) in [6.07, 6.45) is 0. The summed E-state index contributed by atoms with van der Waals surface area (Å²) in [6.45, 7) is 2.49. The van der Waals surface area contributed by atoms with E-state index >= 15 is 0 Å². The Labute approximate surface area is 112 Å². The normalized spacial score (nSPS) is 9.74. The van der Waals surface area contributed by atoms with E-state index in [0.29, 0.717) is 6.54 Å². The third-order valence-corrected chi connectivity index (χ3v) is 2.54. The van der Waals surface area contributed by atoms with E-state index in [9.17, 15) is 4.79 Å². The maximum Gasteiger partial charge on any atom is 0.319 e. The fraction of sp³-hybridized carbons (Fsp3) is 0.133. The molecule has 2 aromatic carbocycles. The van der Waals surface area contributed by atoms with Crippen LogP contribution in [-0.4, -0.2) is 12.6 Å². The molecule has 0 aliphatic carbocycles. The van der Waals surface area contributed by atoms with Crippen molar-refractivity contribution in [1.29, 1.82) is 0 Å². The third-order valence-electron chi connectivity index (χ3n) is 2.54. The van der Waals surface area contributed by atoms with Gasteiger partial charge < -0.3 is 16.0 Å². The Kier molecular flexibility index (Phi) is 4.39. The van der Waals surface area contributed by atoms with Gasteiger partial charge in [0.1, 0.15) is 0 Å². The predicted octanol–water partition coefficient (Wildman–Crippen LogP) is 3.57. The van der Waals surface area contributed by atoms with E-state index in [1.54, 1.807) is 0 Å². The molecule has 0 fully saturated rings. The molecule has 98 valence electrons. The molecule has 2 aromatic rings. The topological polar surface area (TPSA) is 53.2 Å². The summed E-state index contributed by atoms with van der Waals surface area (Å²) in [5.74, 6) is 0. The zero-order valence-corrected chi connectivity index (χ0v) is 10.8. The average molecular weight is 255 g/mol. The molecule has 0 heterocycles. The van der Waals surface area contributed by atoms with Gasteiger partial charge >= 0.3 is 6.03 Å². The van der Waals surface area contributed by atoms with Crippen LogP contribution < -0.4 is 16.0 Å². The first-order valence-electron chi connectivity index (χ1n) is 6.25. The smallest absolute Gasteiger partial charge is 0.319 e. The van der Waals surface area contributed by atoms with Crippen molar-refractivity contribution in [2.24, 2.45) is 0 Å². The van der Waals surface area contributed by atoms with Gasteiger partial charge in [-0.15, -0.1) is 0 Å². The van der Waals surface area contributed by atoms with Gasteiger partial charge in [-0.05, 0) is 43.3 Å². The molecule has 19 heavy (non-hydrogen) atoms. The van der Waals surface area contributed by atoms with Crippen LogP contribution in [0, 0.1) is 0 Å². The SMILES string of the molecule is CCNC(=O)Nc1ccc(Nc2ccccc2)cc1. The average Bonchev–Trinajstić information content (AvgIpc) is 2.42. The van der Waals surface area contributed by atoms with Crippen molar-refractivity contribution in [2.75, 3.05) is 17.2 Å².